The van der Waals surface area contributed by atoms with Gasteiger partial charge in [0, 0.05) is 17.1 Å². The van der Waals surface area contributed by atoms with Crippen molar-refractivity contribution in [3.8, 4) is 11.4 Å². The fraction of sp³-hybridized carbons (Fsp3) is 0.273. The maximum absolute atomic E-state index is 14.1. The Morgan fingerprint density at radius 3 is 2.40 bits per heavy atom. The summed E-state index contributed by atoms with van der Waals surface area (Å²) in [4.78, 5) is 44.7. The highest BCUT2D eigenvalue weighted by Gasteiger charge is 2.33. The topological polar surface area (TPSA) is 101 Å². The van der Waals surface area contributed by atoms with Gasteiger partial charge < -0.3 is 18.8 Å². The van der Waals surface area contributed by atoms with Crippen LogP contribution < -0.4 is 19.6 Å². The number of fused-ring (bicyclic) bond motifs is 1. The Morgan fingerprint density at radius 1 is 1.02 bits per heavy atom. The first-order chi connectivity index (χ1) is 20.6. The number of aryl methyl sites for hydroxylation is 1. The molecule has 2 aromatic heterocycles. The molecule has 9 nitrogen and oxygen atoms in total. The lowest BCUT2D eigenvalue weighted by atomic mass is 9.96. The Bertz CT molecular complexity index is 1960. The number of benzene rings is 2. The van der Waals surface area contributed by atoms with E-state index >= 15 is 0 Å². The molecule has 0 aliphatic carbocycles. The molecule has 0 fully saturated rings. The molecule has 3 heterocycles. The van der Waals surface area contributed by atoms with Crippen LogP contribution in [0.4, 0.5) is 0 Å². The average molecular weight is 600 g/mol. The standard InChI is InChI=1S/C33H33N3O6S/c1-8-42-32(39)28-20(4)34-33-36(29(28)22-12-14-24(40-6)15-13-22)30(37)27(43-33)17-23-16-18(2)35(21(23)5)26-11-9-10-25(19(26)3)31(38)41-7/h9-17,29H,8H2,1-7H3/b27-17+/t29-/m1/s1. The van der Waals surface area contributed by atoms with Crippen molar-refractivity contribution >= 4 is 29.4 Å². The SMILES string of the molecule is CCOC(=O)C1=C(C)N=c2s/c(=C/c3cc(C)n(-c4cccc(C(=O)OC)c4C)c3C)c(=O)n2[C@@H]1c1ccc(OC)cc1. The summed E-state index contributed by atoms with van der Waals surface area (Å²) >= 11 is 1.27. The first kappa shape index (κ1) is 29.8. The number of carbonyl (C=O) groups excluding carboxylic acids is 2. The Morgan fingerprint density at radius 2 is 1.74 bits per heavy atom. The van der Waals surface area contributed by atoms with Crippen LogP contribution in [-0.2, 0) is 14.3 Å². The molecule has 0 bridgehead atoms. The van der Waals surface area contributed by atoms with Crippen LogP contribution in [0.15, 0.2) is 69.6 Å². The van der Waals surface area contributed by atoms with E-state index in [0.29, 0.717) is 31.9 Å². The molecule has 0 radical (unpaired) electrons. The van der Waals surface area contributed by atoms with Gasteiger partial charge in [-0.2, -0.15) is 0 Å². The number of nitrogens with zero attached hydrogens (tertiary/aromatic N) is 3. The smallest absolute Gasteiger partial charge is 0.338 e. The molecule has 0 amide bonds. The first-order valence-electron chi connectivity index (χ1n) is 13.8. The Kier molecular flexibility index (Phi) is 8.23. The third kappa shape index (κ3) is 5.23. The minimum absolute atomic E-state index is 0.201. The largest absolute Gasteiger partial charge is 0.497 e. The summed E-state index contributed by atoms with van der Waals surface area (Å²) in [5, 5.41) is 0. The van der Waals surface area contributed by atoms with Crippen LogP contribution >= 0.6 is 11.3 Å². The average Bonchev–Trinajstić information content (AvgIpc) is 3.45. The van der Waals surface area contributed by atoms with Gasteiger partial charge in [0.25, 0.3) is 5.56 Å². The van der Waals surface area contributed by atoms with Crippen molar-refractivity contribution < 1.29 is 23.8 Å². The number of ether oxygens (including phenoxy) is 3. The number of thiazole rings is 1. The minimum Gasteiger partial charge on any atom is -0.497 e. The molecule has 43 heavy (non-hydrogen) atoms. The lowest BCUT2D eigenvalue weighted by Gasteiger charge is -2.24. The number of hydrogen-bond donors (Lipinski definition) is 0. The van der Waals surface area contributed by atoms with Gasteiger partial charge in [-0.25, -0.2) is 14.6 Å². The van der Waals surface area contributed by atoms with Crippen molar-refractivity contribution in [2.75, 3.05) is 20.8 Å². The molecule has 1 aliphatic rings. The van der Waals surface area contributed by atoms with Gasteiger partial charge in [-0.15, -0.1) is 0 Å². The van der Waals surface area contributed by atoms with Gasteiger partial charge in [-0.05, 0) is 87.7 Å². The molecule has 0 saturated carbocycles. The summed E-state index contributed by atoms with van der Waals surface area (Å²) in [6.07, 6.45) is 1.86. The van der Waals surface area contributed by atoms with Crippen LogP contribution in [0.2, 0.25) is 0 Å². The van der Waals surface area contributed by atoms with E-state index in [9.17, 15) is 14.4 Å². The molecule has 5 rings (SSSR count). The summed E-state index contributed by atoms with van der Waals surface area (Å²) < 4.78 is 19.8. The number of carbonyl (C=O) groups is 2. The van der Waals surface area contributed by atoms with Gasteiger partial charge in [0.1, 0.15) is 5.75 Å². The first-order valence-corrected chi connectivity index (χ1v) is 14.6. The van der Waals surface area contributed by atoms with Crippen molar-refractivity contribution in [3.63, 3.8) is 0 Å². The molecule has 10 heteroatoms. The fourth-order valence-corrected chi connectivity index (χ4v) is 6.57. The third-order valence-electron chi connectivity index (χ3n) is 7.66. The molecule has 222 valence electrons. The maximum atomic E-state index is 14.1. The second kappa shape index (κ2) is 11.9. The van der Waals surface area contributed by atoms with Crippen LogP contribution in [0.3, 0.4) is 0 Å². The van der Waals surface area contributed by atoms with E-state index in [1.807, 2.05) is 57.2 Å². The minimum atomic E-state index is -0.709. The summed E-state index contributed by atoms with van der Waals surface area (Å²) in [6, 6.07) is 14.1. The number of esters is 2. The number of hydrogen-bond acceptors (Lipinski definition) is 8. The zero-order valence-corrected chi connectivity index (χ0v) is 26.0. The summed E-state index contributed by atoms with van der Waals surface area (Å²) in [5.74, 6) is -0.240. The molecular weight excluding hydrogens is 566 g/mol. The zero-order chi connectivity index (χ0) is 31.0. The van der Waals surface area contributed by atoms with Crippen molar-refractivity contribution in [1.29, 1.82) is 0 Å². The van der Waals surface area contributed by atoms with E-state index in [4.69, 9.17) is 14.2 Å². The highest BCUT2D eigenvalue weighted by atomic mass is 32.1. The van der Waals surface area contributed by atoms with Gasteiger partial charge in [0.05, 0.1) is 48.2 Å². The van der Waals surface area contributed by atoms with Crippen LogP contribution in [0, 0.1) is 20.8 Å². The summed E-state index contributed by atoms with van der Waals surface area (Å²) in [7, 11) is 2.95. The fourth-order valence-electron chi connectivity index (χ4n) is 5.54. The predicted molar refractivity (Wildman–Crippen MR) is 165 cm³/mol. The van der Waals surface area contributed by atoms with Crippen molar-refractivity contribution in [1.82, 2.24) is 9.13 Å². The monoisotopic (exact) mass is 599 g/mol. The van der Waals surface area contributed by atoms with Gasteiger partial charge in [-0.1, -0.05) is 29.5 Å². The summed E-state index contributed by atoms with van der Waals surface area (Å²) in [5.41, 5.74) is 6.16. The highest BCUT2D eigenvalue weighted by Crippen LogP contribution is 2.32. The van der Waals surface area contributed by atoms with Crippen LogP contribution in [0.1, 0.15) is 58.3 Å². The lowest BCUT2D eigenvalue weighted by Crippen LogP contribution is -2.39. The van der Waals surface area contributed by atoms with E-state index in [-0.39, 0.29) is 12.2 Å². The van der Waals surface area contributed by atoms with Crippen LogP contribution in [-0.4, -0.2) is 41.9 Å². The quantitative estimate of drug-likeness (QED) is 0.294. The van der Waals surface area contributed by atoms with Gasteiger partial charge in [-0.3, -0.25) is 9.36 Å². The second-order valence-electron chi connectivity index (χ2n) is 10.2. The predicted octanol–water partition coefficient (Wildman–Crippen LogP) is 4.31. The number of allylic oxidation sites excluding steroid dienone is 1. The molecule has 1 aliphatic heterocycles. The normalized spacial score (nSPS) is 14.8. The maximum Gasteiger partial charge on any atom is 0.338 e. The number of rotatable bonds is 7. The Balaban J connectivity index is 1.67. The lowest BCUT2D eigenvalue weighted by molar-refractivity contribution is -0.139. The van der Waals surface area contributed by atoms with Crippen molar-refractivity contribution in [2.45, 2.75) is 40.7 Å². The van der Waals surface area contributed by atoms with E-state index in [0.717, 1.165) is 33.8 Å². The molecule has 0 N–H and O–H groups in total. The second-order valence-corrected chi connectivity index (χ2v) is 11.2. The van der Waals surface area contributed by atoms with E-state index in [1.165, 1.54) is 18.4 Å². The van der Waals surface area contributed by atoms with Gasteiger partial charge in [0.15, 0.2) is 4.80 Å². The third-order valence-corrected chi connectivity index (χ3v) is 8.64. The molecule has 4 aromatic rings. The van der Waals surface area contributed by atoms with E-state index in [1.54, 1.807) is 43.7 Å². The molecule has 0 unspecified atom stereocenters. The van der Waals surface area contributed by atoms with Crippen LogP contribution in [0.5, 0.6) is 5.75 Å². The van der Waals surface area contributed by atoms with Crippen LogP contribution in [0.25, 0.3) is 11.8 Å². The molecular formula is C33H33N3O6S. The van der Waals surface area contributed by atoms with Gasteiger partial charge >= 0.3 is 11.9 Å². The molecule has 0 saturated heterocycles. The Labute approximate surface area is 253 Å². The Hall–Kier alpha value is -4.70. The number of methoxy groups -OCH3 is 2. The van der Waals surface area contributed by atoms with E-state index < -0.39 is 18.0 Å². The van der Waals surface area contributed by atoms with Gasteiger partial charge in [0.2, 0.25) is 0 Å². The molecule has 2 aromatic carbocycles. The van der Waals surface area contributed by atoms with Crippen molar-refractivity contribution in [2.24, 2.45) is 4.99 Å². The zero-order valence-electron chi connectivity index (χ0n) is 25.2. The van der Waals surface area contributed by atoms with Crippen molar-refractivity contribution in [3.05, 3.63) is 113 Å². The van der Waals surface area contributed by atoms with E-state index in [2.05, 4.69) is 9.56 Å². The molecule has 0 spiro atoms. The summed E-state index contributed by atoms with van der Waals surface area (Å²) in [6.45, 7) is 9.55. The number of aromatic nitrogens is 2. The molecule has 1 atom stereocenters. The highest BCUT2D eigenvalue weighted by molar-refractivity contribution is 7.07.